The smallest absolute Gasteiger partial charge is 0.130 e. The summed E-state index contributed by atoms with van der Waals surface area (Å²) in [5.74, 6) is 1.49. The lowest BCUT2D eigenvalue weighted by molar-refractivity contribution is 0.577. The van der Waals surface area contributed by atoms with Gasteiger partial charge in [-0.3, -0.25) is 0 Å². The Labute approximate surface area is 107 Å². The van der Waals surface area contributed by atoms with E-state index in [1.165, 1.54) is 0 Å². The molecule has 0 aliphatic rings. The lowest BCUT2D eigenvalue weighted by atomic mass is 10.1. The molecule has 3 N–H and O–H groups in total. The molecule has 0 saturated heterocycles. The molecule has 2 aromatic heterocycles. The molecule has 2 aromatic rings. The maximum Gasteiger partial charge on any atom is 0.130 e. The van der Waals surface area contributed by atoms with Crippen LogP contribution in [0.2, 0.25) is 0 Å². The monoisotopic (exact) mass is 245 g/mol. The van der Waals surface area contributed by atoms with Gasteiger partial charge < -0.3 is 15.6 Å². The van der Waals surface area contributed by atoms with Crippen LogP contribution in [-0.4, -0.2) is 21.1 Å². The van der Waals surface area contributed by atoms with Crippen LogP contribution in [-0.2, 0) is 7.05 Å². The first-order valence-corrected chi connectivity index (χ1v) is 6.06. The van der Waals surface area contributed by atoms with Gasteiger partial charge in [-0.25, -0.2) is 9.97 Å². The van der Waals surface area contributed by atoms with Gasteiger partial charge >= 0.3 is 0 Å². The first-order valence-electron chi connectivity index (χ1n) is 6.06. The third kappa shape index (κ3) is 2.36. The van der Waals surface area contributed by atoms with Crippen molar-refractivity contribution in [1.82, 2.24) is 19.9 Å². The van der Waals surface area contributed by atoms with E-state index < -0.39 is 0 Å². The first kappa shape index (κ1) is 12.6. The van der Waals surface area contributed by atoms with E-state index in [1.807, 2.05) is 24.7 Å². The van der Waals surface area contributed by atoms with Crippen molar-refractivity contribution < 1.29 is 0 Å². The standard InChI is InChI=1S/C13H19N5/c1-4-15-11(13-16-5-6-18(13)3)10-7-9(2)8-17-12(10)14/h5-8,11,15H,4H2,1-3H3,(H2,14,17). The van der Waals surface area contributed by atoms with Crippen LogP contribution in [0.3, 0.4) is 0 Å². The molecule has 1 atom stereocenters. The van der Waals surface area contributed by atoms with Crippen LogP contribution < -0.4 is 11.1 Å². The second kappa shape index (κ2) is 5.18. The van der Waals surface area contributed by atoms with Gasteiger partial charge in [-0.15, -0.1) is 0 Å². The molecule has 0 fully saturated rings. The maximum absolute atomic E-state index is 5.99. The minimum absolute atomic E-state index is 0.0256. The maximum atomic E-state index is 5.99. The molecule has 0 spiro atoms. The zero-order chi connectivity index (χ0) is 13.1. The van der Waals surface area contributed by atoms with Crippen molar-refractivity contribution in [2.75, 3.05) is 12.3 Å². The molecule has 1 unspecified atom stereocenters. The highest BCUT2D eigenvalue weighted by atomic mass is 15.1. The number of aromatic nitrogens is 3. The second-order valence-corrected chi connectivity index (χ2v) is 4.37. The minimum Gasteiger partial charge on any atom is -0.383 e. The van der Waals surface area contributed by atoms with Gasteiger partial charge in [-0.05, 0) is 25.1 Å². The van der Waals surface area contributed by atoms with Gasteiger partial charge in [-0.1, -0.05) is 6.92 Å². The minimum atomic E-state index is -0.0256. The van der Waals surface area contributed by atoms with E-state index in [9.17, 15) is 0 Å². The van der Waals surface area contributed by atoms with Crippen molar-refractivity contribution in [3.63, 3.8) is 0 Å². The van der Waals surface area contributed by atoms with Crippen molar-refractivity contribution in [2.24, 2.45) is 7.05 Å². The molecule has 5 nitrogen and oxygen atoms in total. The molecule has 0 amide bonds. The molecular formula is C13H19N5. The van der Waals surface area contributed by atoms with Crippen LogP contribution in [0, 0.1) is 6.92 Å². The molecule has 0 radical (unpaired) electrons. The first-order chi connectivity index (χ1) is 8.63. The second-order valence-electron chi connectivity index (χ2n) is 4.37. The van der Waals surface area contributed by atoms with Gasteiger partial charge in [0, 0.05) is 31.2 Å². The van der Waals surface area contributed by atoms with Gasteiger partial charge in [0.1, 0.15) is 11.6 Å². The summed E-state index contributed by atoms with van der Waals surface area (Å²) in [7, 11) is 1.98. The van der Waals surface area contributed by atoms with E-state index in [0.717, 1.165) is 23.5 Å². The van der Waals surface area contributed by atoms with Crippen LogP contribution in [0.15, 0.2) is 24.7 Å². The molecule has 0 aliphatic carbocycles. The summed E-state index contributed by atoms with van der Waals surface area (Å²) < 4.78 is 2.00. The fraction of sp³-hybridized carbons (Fsp3) is 0.385. The predicted molar refractivity (Wildman–Crippen MR) is 72.1 cm³/mol. The summed E-state index contributed by atoms with van der Waals surface area (Å²) >= 11 is 0. The van der Waals surface area contributed by atoms with E-state index >= 15 is 0 Å². The van der Waals surface area contributed by atoms with Gasteiger partial charge in [0.2, 0.25) is 0 Å². The Morgan fingerprint density at radius 3 is 2.83 bits per heavy atom. The highest BCUT2D eigenvalue weighted by Gasteiger charge is 2.20. The Morgan fingerprint density at radius 2 is 2.22 bits per heavy atom. The fourth-order valence-electron chi connectivity index (χ4n) is 2.03. The van der Waals surface area contributed by atoms with Gasteiger partial charge in [-0.2, -0.15) is 0 Å². The third-order valence-corrected chi connectivity index (χ3v) is 2.92. The molecule has 0 saturated carbocycles. The molecule has 5 heteroatoms. The SMILES string of the molecule is CCNC(c1cc(C)cnc1N)c1nccn1C. The van der Waals surface area contributed by atoms with Gasteiger partial charge in [0.05, 0.1) is 6.04 Å². The number of rotatable bonds is 4. The number of pyridine rings is 1. The number of hydrogen-bond donors (Lipinski definition) is 2. The van der Waals surface area contributed by atoms with E-state index in [-0.39, 0.29) is 6.04 Å². The van der Waals surface area contributed by atoms with Crippen LogP contribution in [0.5, 0.6) is 0 Å². The number of nitrogens with two attached hydrogens (primary N) is 1. The summed E-state index contributed by atoms with van der Waals surface area (Å²) in [6.07, 6.45) is 5.50. The van der Waals surface area contributed by atoms with E-state index in [4.69, 9.17) is 5.73 Å². The quantitative estimate of drug-likeness (QED) is 0.854. The Hall–Kier alpha value is -1.88. The summed E-state index contributed by atoms with van der Waals surface area (Å²) in [6.45, 7) is 4.91. The topological polar surface area (TPSA) is 68.8 Å². The Kier molecular flexibility index (Phi) is 3.62. The lowest BCUT2D eigenvalue weighted by Gasteiger charge is -2.19. The van der Waals surface area contributed by atoms with Crippen molar-refractivity contribution in [3.05, 3.63) is 41.6 Å². The molecule has 96 valence electrons. The third-order valence-electron chi connectivity index (χ3n) is 2.92. The van der Waals surface area contributed by atoms with Crippen molar-refractivity contribution in [1.29, 1.82) is 0 Å². The van der Waals surface area contributed by atoms with Gasteiger partial charge in [0.15, 0.2) is 0 Å². The Bertz CT molecular complexity index is 532. The van der Waals surface area contributed by atoms with E-state index in [1.54, 1.807) is 12.4 Å². The Balaban J connectivity index is 2.48. The molecular weight excluding hydrogens is 226 g/mol. The number of imidazole rings is 1. The summed E-state index contributed by atoms with van der Waals surface area (Å²) in [4.78, 5) is 8.62. The number of aryl methyl sites for hydroxylation is 2. The lowest BCUT2D eigenvalue weighted by Crippen LogP contribution is -2.26. The summed E-state index contributed by atoms with van der Waals surface area (Å²) in [5.41, 5.74) is 8.06. The molecule has 2 heterocycles. The number of hydrogen-bond acceptors (Lipinski definition) is 4. The number of nitrogen functional groups attached to an aromatic ring is 1. The van der Waals surface area contributed by atoms with Gasteiger partial charge in [0.25, 0.3) is 0 Å². The number of nitrogens with one attached hydrogen (secondary N) is 1. The van der Waals surface area contributed by atoms with Crippen LogP contribution in [0.4, 0.5) is 5.82 Å². The highest BCUT2D eigenvalue weighted by molar-refractivity contribution is 5.45. The summed E-state index contributed by atoms with van der Waals surface area (Å²) in [5, 5.41) is 3.41. The van der Waals surface area contributed by atoms with Crippen LogP contribution >= 0.6 is 0 Å². The zero-order valence-electron chi connectivity index (χ0n) is 11.0. The van der Waals surface area contributed by atoms with Crippen LogP contribution in [0.1, 0.15) is 29.9 Å². The molecule has 0 aliphatic heterocycles. The Morgan fingerprint density at radius 1 is 1.44 bits per heavy atom. The average Bonchev–Trinajstić information content (AvgIpc) is 2.76. The van der Waals surface area contributed by atoms with E-state index in [0.29, 0.717) is 5.82 Å². The summed E-state index contributed by atoms with van der Waals surface area (Å²) in [6, 6.07) is 2.03. The molecule has 0 aromatic carbocycles. The number of anilines is 1. The normalized spacial score (nSPS) is 12.6. The predicted octanol–water partition coefficient (Wildman–Crippen LogP) is 1.40. The average molecular weight is 245 g/mol. The van der Waals surface area contributed by atoms with Crippen molar-refractivity contribution in [3.8, 4) is 0 Å². The highest BCUT2D eigenvalue weighted by Crippen LogP contribution is 2.24. The van der Waals surface area contributed by atoms with Crippen molar-refractivity contribution >= 4 is 5.82 Å². The molecule has 18 heavy (non-hydrogen) atoms. The van der Waals surface area contributed by atoms with Crippen molar-refractivity contribution in [2.45, 2.75) is 19.9 Å². The van der Waals surface area contributed by atoms with E-state index in [2.05, 4.69) is 28.3 Å². The fourth-order valence-corrected chi connectivity index (χ4v) is 2.03. The largest absolute Gasteiger partial charge is 0.383 e. The van der Waals surface area contributed by atoms with Crippen LogP contribution in [0.25, 0.3) is 0 Å². The number of nitrogens with zero attached hydrogens (tertiary/aromatic N) is 3. The molecule has 2 rings (SSSR count). The molecule has 0 bridgehead atoms. The zero-order valence-corrected chi connectivity index (χ0v) is 11.0.